The van der Waals surface area contributed by atoms with E-state index in [0.717, 1.165) is 25.6 Å². The molecule has 0 unspecified atom stereocenters. The van der Waals surface area contributed by atoms with Crippen LogP contribution in [0.25, 0.3) is 16.3 Å². The molecule has 0 radical (unpaired) electrons. The van der Waals surface area contributed by atoms with Crippen molar-refractivity contribution >= 4 is 45.0 Å². The summed E-state index contributed by atoms with van der Waals surface area (Å²) in [6, 6.07) is 11.1. The van der Waals surface area contributed by atoms with Crippen LogP contribution in [0.1, 0.15) is 12.5 Å². The zero-order valence-electron chi connectivity index (χ0n) is 12.5. The summed E-state index contributed by atoms with van der Waals surface area (Å²) in [5.74, 6) is 0.0967. The molecule has 0 saturated heterocycles. The average molecular weight is 428 g/mol. The second-order valence-corrected chi connectivity index (χ2v) is 7.75. The molecule has 24 heavy (non-hydrogen) atoms. The molecule has 0 aliphatic carbocycles. The maximum atomic E-state index is 11.0. The van der Waals surface area contributed by atoms with Crippen LogP contribution in [0.15, 0.2) is 40.2 Å². The van der Waals surface area contributed by atoms with Gasteiger partial charge < -0.3 is 9.84 Å². The molecule has 3 rings (SSSR count). The lowest BCUT2D eigenvalue weighted by Gasteiger charge is -2.07. The summed E-state index contributed by atoms with van der Waals surface area (Å²) >= 11 is 11.0. The van der Waals surface area contributed by atoms with Crippen LogP contribution in [-0.4, -0.2) is 21.0 Å². The van der Waals surface area contributed by atoms with Crippen LogP contribution in [-0.2, 0) is 6.42 Å². The lowest BCUT2D eigenvalue weighted by molar-refractivity contribution is 0.142. The quantitative estimate of drug-likeness (QED) is 0.548. The molecule has 8 heteroatoms. The zero-order valence-corrected chi connectivity index (χ0v) is 15.7. The number of carbonyl (C=O) groups is 1. The number of rotatable bonds is 4. The molecule has 0 aliphatic heterocycles. The Morgan fingerprint density at radius 2 is 2.04 bits per heavy atom. The number of benzene rings is 1. The summed E-state index contributed by atoms with van der Waals surface area (Å²) in [5, 5.41) is 14.0. The Bertz CT molecular complexity index is 889. The monoisotopic (exact) mass is 426 g/mol. The van der Waals surface area contributed by atoms with Gasteiger partial charge in [0, 0.05) is 10.6 Å². The van der Waals surface area contributed by atoms with Crippen LogP contribution >= 0.6 is 38.9 Å². The Labute approximate surface area is 155 Å². The fraction of sp³-hybridized carbons (Fsp3) is 0.125. The molecule has 0 atom stereocenters. The Balaban J connectivity index is 2.24. The minimum absolute atomic E-state index is 0.0967. The third-order valence-electron chi connectivity index (χ3n) is 3.36. The van der Waals surface area contributed by atoms with Crippen LogP contribution in [0.5, 0.6) is 5.88 Å². The lowest BCUT2D eigenvalue weighted by atomic mass is 10.1. The fourth-order valence-corrected chi connectivity index (χ4v) is 3.95. The normalized spacial score (nSPS) is 10.8. The second-order valence-electron chi connectivity index (χ2n) is 4.85. The average Bonchev–Trinajstić information content (AvgIpc) is 3.10. The molecular weight excluding hydrogens is 416 g/mol. The number of carboxylic acid groups (broad SMARTS) is 1. The van der Waals surface area contributed by atoms with E-state index in [0.29, 0.717) is 11.4 Å². The molecule has 0 spiro atoms. The van der Waals surface area contributed by atoms with Crippen LogP contribution in [0, 0.1) is 0 Å². The van der Waals surface area contributed by atoms with Crippen molar-refractivity contribution < 1.29 is 14.6 Å². The van der Waals surface area contributed by atoms with Gasteiger partial charge in [0.2, 0.25) is 5.88 Å². The topological polar surface area (TPSA) is 64.3 Å². The third-order valence-corrected chi connectivity index (χ3v) is 5.24. The molecule has 5 nitrogen and oxygen atoms in total. The Morgan fingerprint density at radius 3 is 2.58 bits per heavy atom. The Kier molecular flexibility index (Phi) is 4.93. The molecule has 2 heterocycles. The van der Waals surface area contributed by atoms with Crippen molar-refractivity contribution in [1.29, 1.82) is 0 Å². The molecule has 0 amide bonds. The first kappa shape index (κ1) is 17.0. The molecule has 2 aromatic heterocycles. The number of nitrogens with zero attached hydrogens (tertiary/aromatic N) is 2. The zero-order chi connectivity index (χ0) is 17.3. The van der Waals surface area contributed by atoms with Crippen molar-refractivity contribution in [2.45, 2.75) is 13.3 Å². The number of ether oxygens (including phenoxy) is 1. The minimum atomic E-state index is -1.38. The first-order valence-electron chi connectivity index (χ1n) is 7.04. The van der Waals surface area contributed by atoms with E-state index < -0.39 is 6.16 Å². The van der Waals surface area contributed by atoms with E-state index in [-0.39, 0.29) is 5.88 Å². The highest BCUT2D eigenvalue weighted by Gasteiger charge is 2.23. The summed E-state index contributed by atoms with van der Waals surface area (Å²) in [6.07, 6.45) is -0.800. The second kappa shape index (κ2) is 6.96. The Hall–Kier alpha value is -1.83. The summed E-state index contributed by atoms with van der Waals surface area (Å²) in [4.78, 5) is 11.9. The van der Waals surface area contributed by atoms with E-state index in [2.05, 4.69) is 21.0 Å². The molecule has 3 aromatic rings. The summed E-state index contributed by atoms with van der Waals surface area (Å²) < 4.78 is 7.54. The highest BCUT2D eigenvalue weighted by Crippen LogP contribution is 2.38. The fourth-order valence-electron chi connectivity index (χ4n) is 2.38. The minimum Gasteiger partial charge on any atom is -0.449 e. The summed E-state index contributed by atoms with van der Waals surface area (Å²) in [5.41, 5.74) is 2.32. The van der Waals surface area contributed by atoms with Gasteiger partial charge >= 0.3 is 6.16 Å². The van der Waals surface area contributed by atoms with Crippen molar-refractivity contribution in [3.05, 3.63) is 50.8 Å². The molecule has 0 aliphatic rings. The molecule has 0 bridgehead atoms. The van der Waals surface area contributed by atoms with E-state index in [1.54, 1.807) is 28.2 Å². The van der Waals surface area contributed by atoms with Gasteiger partial charge in [-0.1, -0.05) is 18.5 Å². The van der Waals surface area contributed by atoms with Gasteiger partial charge in [-0.2, -0.15) is 0 Å². The molecule has 0 fully saturated rings. The van der Waals surface area contributed by atoms with Gasteiger partial charge in [-0.05, 0) is 58.7 Å². The van der Waals surface area contributed by atoms with Gasteiger partial charge in [0.1, 0.15) is 0 Å². The molecule has 124 valence electrons. The smallest absolute Gasteiger partial charge is 0.449 e. The van der Waals surface area contributed by atoms with Gasteiger partial charge in [-0.25, -0.2) is 9.48 Å². The van der Waals surface area contributed by atoms with Crippen molar-refractivity contribution in [2.24, 2.45) is 0 Å². The van der Waals surface area contributed by atoms with Crippen molar-refractivity contribution in [1.82, 2.24) is 9.78 Å². The van der Waals surface area contributed by atoms with E-state index in [1.165, 1.54) is 0 Å². The standard InChI is InChI=1S/C16H12BrClN2O3S/c1-2-11-14(12-7-8-13(17)24-12)20(19-15(11)23-16(21)22)10-5-3-9(18)4-6-10/h3-8H,2H2,1H3,(H,21,22). The highest BCUT2D eigenvalue weighted by atomic mass is 79.9. The van der Waals surface area contributed by atoms with Crippen molar-refractivity contribution in [3.63, 3.8) is 0 Å². The van der Waals surface area contributed by atoms with E-state index in [1.807, 2.05) is 31.2 Å². The van der Waals surface area contributed by atoms with Gasteiger partial charge in [-0.15, -0.1) is 16.4 Å². The van der Waals surface area contributed by atoms with Crippen LogP contribution in [0.3, 0.4) is 0 Å². The number of hydrogen-bond donors (Lipinski definition) is 1. The number of thiophene rings is 1. The van der Waals surface area contributed by atoms with Crippen LogP contribution < -0.4 is 4.74 Å². The highest BCUT2D eigenvalue weighted by molar-refractivity contribution is 9.11. The van der Waals surface area contributed by atoms with Crippen molar-refractivity contribution in [2.75, 3.05) is 0 Å². The first-order valence-corrected chi connectivity index (χ1v) is 9.02. The summed E-state index contributed by atoms with van der Waals surface area (Å²) in [7, 11) is 0. The maximum Gasteiger partial charge on any atom is 0.512 e. The van der Waals surface area contributed by atoms with Gasteiger partial charge in [0.25, 0.3) is 0 Å². The Morgan fingerprint density at radius 1 is 1.33 bits per heavy atom. The van der Waals surface area contributed by atoms with E-state index >= 15 is 0 Å². The predicted octanol–water partition coefficient (Wildman–Crippen LogP) is 5.64. The SMILES string of the molecule is CCc1c(OC(=O)O)nn(-c2ccc(Cl)cc2)c1-c1ccc(Br)s1. The van der Waals surface area contributed by atoms with Gasteiger partial charge in [-0.3, -0.25) is 0 Å². The van der Waals surface area contributed by atoms with Gasteiger partial charge in [0.05, 0.1) is 20.0 Å². The maximum absolute atomic E-state index is 11.0. The number of halogens is 2. The largest absolute Gasteiger partial charge is 0.512 e. The molecule has 1 N–H and O–H groups in total. The van der Waals surface area contributed by atoms with E-state index in [4.69, 9.17) is 21.4 Å². The van der Waals surface area contributed by atoms with Crippen molar-refractivity contribution in [3.8, 4) is 22.1 Å². The van der Waals surface area contributed by atoms with Gasteiger partial charge in [0.15, 0.2) is 0 Å². The van der Waals surface area contributed by atoms with E-state index in [9.17, 15) is 4.79 Å². The van der Waals surface area contributed by atoms with Crippen LogP contribution in [0.2, 0.25) is 5.02 Å². The predicted molar refractivity (Wildman–Crippen MR) is 97.6 cm³/mol. The molecule has 1 aromatic carbocycles. The molecule has 0 saturated carbocycles. The van der Waals surface area contributed by atoms with Crippen LogP contribution in [0.4, 0.5) is 4.79 Å². The summed E-state index contributed by atoms with van der Waals surface area (Å²) in [6.45, 7) is 1.93. The first-order chi connectivity index (χ1) is 11.5. The lowest BCUT2D eigenvalue weighted by Crippen LogP contribution is -2.05. The number of hydrogen-bond acceptors (Lipinski definition) is 4. The number of aromatic nitrogens is 2. The molecular formula is C16H12BrClN2O3S. The third kappa shape index (κ3) is 3.33.